The van der Waals surface area contributed by atoms with E-state index in [2.05, 4.69) is 134 Å². The minimum atomic E-state index is 0.522. The second-order valence-corrected chi connectivity index (χ2v) is 18.1. The van der Waals surface area contributed by atoms with E-state index in [0.29, 0.717) is 34.4 Å². The van der Waals surface area contributed by atoms with E-state index in [9.17, 15) is 5.26 Å². The molecule has 0 atom stereocenters. The van der Waals surface area contributed by atoms with Crippen LogP contribution in [0.2, 0.25) is 0 Å². The summed E-state index contributed by atoms with van der Waals surface area (Å²) in [6, 6.07) is 80.2. The van der Waals surface area contributed by atoms with E-state index >= 15 is 0 Å². The Hall–Kier alpha value is -10.7. The van der Waals surface area contributed by atoms with Crippen molar-refractivity contribution in [3.8, 4) is 85.0 Å². The molecule has 8 heteroatoms. The number of nitriles is 1. The maximum atomic E-state index is 10.6. The zero-order valence-corrected chi connectivity index (χ0v) is 39.5. The average molecular weight is 943 g/mol. The van der Waals surface area contributed by atoms with Crippen molar-refractivity contribution in [3.05, 3.63) is 259 Å². The van der Waals surface area contributed by atoms with Gasteiger partial charge in [-0.2, -0.15) is 5.26 Å². The molecule has 10 aromatic carbocycles. The van der Waals surface area contributed by atoms with E-state index in [1.807, 2.05) is 121 Å². The molecule has 0 saturated carbocycles. The lowest BCUT2D eigenvalue weighted by molar-refractivity contribution is 1.07. The van der Waals surface area contributed by atoms with Crippen LogP contribution in [0.4, 0.5) is 11.4 Å². The first-order valence-corrected chi connectivity index (χ1v) is 24.1. The van der Waals surface area contributed by atoms with Gasteiger partial charge in [-0.25, -0.2) is 24.6 Å². The summed E-state index contributed by atoms with van der Waals surface area (Å²) in [5, 5.41) is 14.8. The van der Waals surface area contributed by atoms with Crippen LogP contribution in [0.3, 0.4) is 0 Å². The van der Waals surface area contributed by atoms with Crippen molar-refractivity contribution in [3.63, 3.8) is 0 Å². The van der Waals surface area contributed by atoms with Crippen molar-refractivity contribution in [2.75, 3.05) is 0 Å². The lowest BCUT2D eigenvalue weighted by Crippen LogP contribution is -2.04. The third-order valence-electron chi connectivity index (χ3n) is 13.8. The fourth-order valence-corrected chi connectivity index (χ4v) is 10.4. The summed E-state index contributed by atoms with van der Waals surface area (Å²) in [6.07, 6.45) is 0. The molecule has 0 amide bonds. The molecule has 0 spiro atoms. The minimum Gasteiger partial charge on any atom is -0.309 e. The molecule has 0 fully saturated rings. The number of rotatable bonds is 8. The molecule has 0 saturated heterocycles. The largest absolute Gasteiger partial charge is 0.309 e. The molecule has 13 rings (SSSR count). The highest BCUT2D eigenvalue weighted by atomic mass is 15.0. The molecule has 13 aromatic rings. The van der Waals surface area contributed by atoms with Crippen LogP contribution in [0.15, 0.2) is 231 Å². The van der Waals surface area contributed by atoms with Gasteiger partial charge < -0.3 is 9.13 Å². The van der Waals surface area contributed by atoms with Gasteiger partial charge in [0.2, 0.25) is 0 Å². The molecule has 0 aliphatic rings. The minimum absolute atomic E-state index is 0.522. The molecule has 0 bridgehead atoms. The molecule has 0 radical (unpaired) electrons. The molecular formula is C66H38N8. The lowest BCUT2D eigenvalue weighted by Gasteiger charge is -2.20. The van der Waals surface area contributed by atoms with Gasteiger partial charge in [-0.15, -0.1) is 0 Å². The van der Waals surface area contributed by atoms with Gasteiger partial charge in [0.1, 0.15) is 0 Å². The van der Waals surface area contributed by atoms with E-state index in [1.54, 1.807) is 0 Å². The number of benzene rings is 10. The van der Waals surface area contributed by atoms with Gasteiger partial charge in [-0.3, -0.25) is 0 Å². The first kappa shape index (κ1) is 43.3. The molecule has 0 aliphatic heterocycles. The number of aromatic nitrogens is 5. The first-order chi connectivity index (χ1) is 36.5. The predicted octanol–water partition coefficient (Wildman–Crippen LogP) is 17.0. The summed E-state index contributed by atoms with van der Waals surface area (Å²) < 4.78 is 4.61. The maximum absolute atomic E-state index is 10.6. The maximum Gasteiger partial charge on any atom is 0.187 e. The third kappa shape index (κ3) is 7.42. The molecular weight excluding hydrogens is 905 g/mol. The number of para-hydroxylation sites is 2. The molecule has 0 aliphatic carbocycles. The van der Waals surface area contributed by atoms with Crippen LogP contribution in [0.5, 0.6) is 0 Å². The van der Waals surface area contributed by atoms with Crippen molar-refractivity contribution >= 4 is 55.0 Å². The summed E-state index contributed by atoms with van der Waals surface area (Å²) in [6.45, 7) is 15.4. The molecule has 8 nitrogen and oxygen atoms in total. The Morgan fingerprint density at radius 2 is 0.743 bits per heavy atom. The molecule has 0 N–H and O–H groups in total. The Morgan fingerprint density at radius 1 is 0.338 bits per heavy atom. The van der Waals surface area contributed by atoms with E-state index < -0.39 is 0 Å². The molecule has 342 valence electrons. The Morgan fingerprint density at radius 3 is 1.24 bits per heavy atom. The highest BCUT2D eigenvalue weighted by Gasteiger charge is 2.23. The number of nitrogens with zero attached hydrogens (tertiary/aromatic N) is 8. The van der Waals surface area contributed by atoms with Crippen LogP contribution in [0.25, 0.3) is 132 Å². The zero-order valence-electron chi connectivity index (χ0n) is 39.5. The standard InChI is InChI=1S/C66H38N8/c1-68-50-21-13-19-45(36-50)47-29-33-60-56(38-47)52-23-9-11-25-58(52)73(60)62-35-42(41-67)27-31-54(62)55-32-28-49(66-71-64(43-15-5-3-6-16-43)70-65(72-66)44-17-7-4-8-18-44)40-63(55)74-59-26-12-10-24-53(59)57-39-48(30-34-61(57)74)46-20-14-22-51(37-46)69-2/h3-40H. The van der Waals surface area contributed by atoms with Crippen LogP contribution in [-0.4, -0.2) is 24.1 Å². The Labute approximate surface area is 426 Å². The van der Waals surface area contributed by atoms with Gasteiger partial charge in [-0.05, 0) is 89.0 Å². The van der Waals surface area contributed by atoms with Crippen molar-refractivity contribution in [1.29, 1.82) is 5.26 Å². The fraction of sp³-hybridized carbons (Fsp3) is 0. The fourth-order valence-electron chi connectivity index (χ4n) is 10.4. The van der Waals surface area contributed by atoms with Crippen LogP contribution in [-0.2, 0) is 0 Å². The van der Waals surface area contributed by atoms with E-state index in [1.165, 1.54) is 0 Å². The highest BCUT2D eigenvalue weighted by molar-refractivity contribution is 6.13. The van der Waals surface area contributed by atoms with Gasteiger partial charge in [-0.1, -0.05) is 164 Å². The van der Waals surface area contributed by atoms with Gasteiger partial charge in [0, 0.05) is 49.4 Å². The van der Waals surface area contributed by atoms with Crippen LogP contribution >= 0.6 is 0 Å². The van der Waals surface area contributed by atoms with E-state index in [0.717, 1.165) is 105 Å². The lowest BCUT2D eigenvalue weighted by atomic mass is 9.97. The Kier molecular flexibility index (Phi) is 10.5. The summed E-state index contributed by atoms with van der Waals surface area (Å²) in [7, 11) is 0. The normalized spacial score (nSPS) is 11.2. The zero-order chi connectivity index (χ0) is 49.7. The molecule has 0 unspecified atom stereocenters. The van der Waals surface area contributed by atoms with Crippen molar-refractivity contribution in [1.82, 2.24) is 24.1 Å². The topological polar surface area (TPSA) is 81.0 Å². The van der Waals surface area contributed by atoms with Crippen LogP contribution < -0.4 is 0 Å². The summed E-state index contributed by atoms with van der Waals surface area (Å²) in [5.41, 5.74) is 15.7. The van der Waals surface area contributed by atoms with E-state index in [-0.39, 0.29) is 0 Å². The second kappa shape index (κ2) is 17.9. The van der Waals surface area contributed by atoms with Gasteiger partial charge in [0.25, 0.3) is 0 Å². The van der Waals surface area contributed by atoms with Crippen molar-refractivity contribution in [2.45, 2.75) is 0 Å². The van der Waals surface area contributed by atoms with Gasteiger partial charge in [0.05, 0.1) is 58.2 Å². The van der Waals surface area contributed by atoms with Gasteiger partial charge in [0.15, 0.2) is 28.8 Å². The number of hydrogen-bond acceptors (Lipinski definition) is 4. The summed E-state index contributed by atoms with van der Waals surface area (Å²) in [4.78, 5) is 22.8. The monoisotopic (exact) mass is 942 g/mol. The van der Waals surface area contributed by atoms with Crippen LogP contribution in [0, 0.1) is 24.5 Å². The number of hydrogen-bond donors (Lipinski definition) is 0. The SMILES string of the molecule is [C-]#[N+]c1cccc(-c2ccc3c(c2)c2ccccc2n3-c2cc(C#N)ccc2-c2ccc(-c3nc(-c4ccccc4)nc(-c4ccccc4)n3)cc2-n2c3ccccc3c3cc(-c4cccc([N+]#[C-])c4)ccc32)c1. The predicted molar refractivity (Wildman–Crippen MR) is 298 cm³/mol. The Bertz CT molecular complexity index is 4470. The summed E-state index contributed by atoms with van der Waals surface area (Å²) in [5.74, 6) is 1.65. The smallest absolute Gasteiger partial charge is 0.187 e. The summed E-state index contributed by atoms with van der Waals surface area (Å²) >= 11 is 0. The van der Waals surface area contributed by atoms with Crippen molar-refractivity contribution < 1.29 is 0 Å². The second-order valence-electron chi connectivity index (χ2n) is 18.1. The van der Waals surface area contributed by atoms with Crippen molar-refractivity contribution in [2.24, 2.45) is 0 Å². The van der Waals surface area contributed by atoms with E-state index in [4.69, 9.17) is 28.1 Å². The molecule has 3 aromatic heterocycles. The van der Waals surface area contributed by atoms with Gasteiger partial charge >= 0.3 is 0 Å². The quantitative estimate of drug-likeness (QED) is 0.142. The molecule has 74 heavy (non-hydrogen) atoms. The highest BCUT2D eigenvalue weighted by Crippen LogP contribution is 2.44. The third-order valence-corrected chi connectivity index (χ3v) is 13.8. The average Bonchev–Trinajstić information content (AvgIpc) is 3.99. The first-order valence-electron chi connectivity index (χ1n) is 24.1. The van der Waals surface area contributed by atoms with Crippen LogP contribution in [0.1, 0.15) is 5.56 Å². The molecule has 3 heterocycles. The Balaban J connectivity index is 1.09. The number of fused-ring (bicyclic) bond motifs is 6.